The van der Waals surface area contributed by atoms with Crippen molar-refractivity contribution in [2.45, 2.75) is 38.8 Å². The van der Waals surface area contributed by atoms with Crippen LogP contribution in [0.1, 0.15) is 32.8 Å². The fourth-order valence-corrected chi connectivity index (χ4v) is 3.03. The second-order valence-electron chi connectivity index (χ2n) is 6.82. The van der Waals surface area contributed by atoms with Crippen molar-refractivity contribution in [1.82, 2.24) is 0 Å². The maximum absolute atomic E-state index is 13.8. The third-order valence-corrected chi connectivity index (χ3v) is 5.15. The van der Waals surface area contributed by atoms with Crippen LogP contribution in [-0.2, 0) is 19.9 Å². The molecule has 5 atom stereocenters. The first-order chi connectivity index (χ1) is 12.6. The zero-order valence-electron chi connectivity index (χ0n) is 15.8. The van der Waals surface area contributed by atoms with Gasteiger partial charge in [-0.3, -0.25) is 9.59 Å². The minimum Gasteiger partial charge on any atom is -0.481 e. The van der Waals surface area contributed by atoms with Crippen molar-refractivity contribution in [3.05, 3.63) is 35.6 Å². The van der Waals surface area contributed by atoms with Crippen LogP contribution in [0, 0.1) is 23.6 Å². The van der Waals surface area contributed by atoms with Crippen LogP contribution in [0.15, 0.2) is 24.3 Å². The Balaban J connectivity index is 0.000000314. The second kappa shape index (κ2) is 9.77. The quantitative estimate of drug-likeness (QED) is 0.588. The summed E-state index contributed by atoms with van der Waals surface area (Å²) in [5.41, 5.74) is 5.77. The van der Waals surface area contributed by atoms with E-state index in [-0.39, 0.29) is 31.1 Å². The van der Waals surface area contributed by atoms with Crippen LogP contribution in [0.3, 0.4) is 0 Å². The standard InChI is InChI=1S/C13H18FNO2.C6H10O4/c1-2-12-10(7-16)13(15,8-17-12)9-5-3-4-6-11(9)14;1-3(5(7)8)4(2)6(9)10/h3-6,10,12,16H,2,7-8,15H2,1H3;3-4H,1-2H3,(H,7,8)(H,9,10)/t10-,12-,13-;3-,4-/m11/s1. The van der Waals surface area contributed by atoms with Crippen LogP contribution in [0.4, 0.5) is 4.39 Å². The van der Waals surface area contributed by atoms with Gasteiger partial charge in [0.15, 0.2) is 0 Å². The molecule has 0 spiro atoms. The molecule has 27 heavy (non-hydrogen) atoms. The van der Waals surface area contributed by atoms with Gasteiger partial charge in [-0.05, 0) is 12.5 Å². The van der Waals surface area contributed by atoms with Crippen LogP contribution in [0.2, 0.25) is 0 Å². The average molecular weight is 385 g/mol. The van der Waals surface area contributed by atoms with E-state index in [2.05, 4.69) is 0 Å². The molecule has 0 bridgehead atoms. The van der Waals surface area contributed by atoms with Gasteiger partial charge in [0, 0.05) is 11.5 Å². The molecule has 5 N–H and O–H groups in total. The molecule has 1 aliphatic rings. The number of nitrogens with two attached hydrogens (primary N) is 1. The Morgan fingerprint density at radius 1 is 1.26 bits per heavy atom. The summed E-state index contributed by atoms with van der Waals surface area (Å²) in [7, 11) is 0. The summed E-state index contributed by atoms with van der Waals surface area (Å²) < 4.78 is 19.4. The van der Waals surface area contributed by atoms with Crippen LogP contribution in [0.25, 0.3) is 0 Å². The number of carboxylic acid groups (broad SMARTS) is 2. The van der Waals surface area contributed by atoms with E-state index in [1.165, 1.54) is 19.9 Å². The molecule has 152 valence electrons. The topological polar surface area (TPSA) is 130 Å². The lowest BCUT2D eigenvalue weighted by atomic mass is 9.78. The number of carboxylic acids is 2. The summed E-state index contributed by atoms with van der Waals surface area (Å²) in [6, 6.07) is 6.43. The van der Waals surface area contributed by atoms with Crippen molar-refractivity contribution >= 4 is 11.9 Å². The Hall–Kier alpha value is -2.03. The van der Waals surface area contributed by atoms with Gasteiger partial charge in [-0.2, -0.15) is 0 Å². The van der Waals surface area contributed by atoms with Crippen LogP contribution < -0.4 is 5.73 Å². The van der Waals surface area contributed by atoms with Gasteiger partial charge in [0.2, 0.25) is 0 Å². The molecule has 1 aromatic carbocycles. The average Bonchev–Trinajstić information content (AvgIpc) is 2.97. The van der Waals surface area contributed by atoms with Gasteiger partial charge in [0.25, 0.3) is 0 Å². The number of rotatable bonds is 6. The fraction of sp³-hybridized carbons (Fsp3) is 0.579. The Bertz CT molecular complexity index is 637. The maximum Gasteiger partial charge on any atom is 0.307 e. The van der Waals surface area contributed by atoms with E-state index in [0.29, 0.717) is 5.56 Å². The predicted octanol–water partition coefficient (Wildman–Crippen LogP) is 1.82. The highest BCUT2D eigenvalue weighted by Gasteiger charge is 2.48. The van der Waals surface area contributed by atoms with Crippen molar-refractivity contribution in [3.8, 4) is 0 Å². The Kier molecular flexibility index (Phi) is 8.33. The van der Waals surface area contributed by atoms with E-state index in [9.17, 15) is 19.1 Å². The number of aliphatic carboxylic acids is 2. The van der Waals surface area contributed by atoms with Crippen molar-refractivity contribution < 1.29 is 34.0 Å². The molecular weight excluding hydrogens is 357 g/mol. The fourth-order valence-electron chi connectivity index (χ4n) is 3.03. The summed E-state index contributed by atoms with van der Waals surface area (Å²) in [6.07, 6.45) is 0.656. The normalized spacial score (nSPS) is 26.6. The Morgan fingerprint density at radius 3 is 2.19 bits per heavy atom. The molecule has 7 nitrogen and oxygen atoms in total. The Labute approximate surface area is 158 Å². The first kappa shape index (κ1) is 23.0. The van der Waals surface area contributed by atoms with E-state index >= 15 is 0 Å². The van der Waals surface area contributed by atoms with E-state index in [1.807, 2.05) is 6.92 Å². The largest absolute Gasteiger partial charge is 0.481 e. The highest BCUT2D eigenvalue weighted by Crippen LogP contribution is 2.39. The summed E-state index contributed by atoms with van der Waals surface area (Å²) in [5.74, 6) is -4.39. The third kappa shape index (κ3) is 5.24. The molecule has 1 fully saturated rings. The molecule has 0 aromatic heterocycles. The SMILES string of the molecule is CC[C@H]1OC[C@@](N)(c2ccccc2F)[C@@H]1CO.C[C@@H](C(=O)O)[C@@H](C)C(=O)O. The number of aliphatic hydroxyl groups excluding tert-OH is 1. The van der Waals surface area contributed by atoms with E-state index in [1.54, 1.807) is 18.2 Å². The summed E-state index contributed by atoms with van der Waals surface area (Å²) in [6.45, 7) is 4.88. The number of hydrogen-bond donors (Lipinski definition) is 4. The maximum atomic E-state index is 13.8. The zero-order valence-corrected chi connectivity index (χ0v) is 15.8. The lowest BCUT2D eigenvalue weighted by Gasteiger charge is -2.30. The number of ether oxygens (including phenoxy) is 1. The molecule has 8 heteroatoms. The molecule has 1 aliphatic heterocycles. The van der Waals surface area contributed by atoms with E-state index in [0.717, 1.165) is 6.42 Å². The first-order valence-corrected chi connectivity index (χ1v) is 8.82. The summed E-state index contributed by atoms with van der Waals surface area (Å²) in [4.78, 5) is 20.4. The monoisotopic (exact) mass is 385 g/mol. The smallest absolute Gasteiger partial charge is 0.307 e. The molecule has 0 amide bonds. The minimum atomic E-state index is -1.07. The van der Waals surface area contributed by atoms with Gasteiger partial charge in [0.05, 0.1) is 36.7 Å². The minimum absolute atomic E-state index is 0.0939. The number of hydrogen-bond acceptors (Lipinski definition) is 5. The van der Waals surface area contributed by atoms with Crippen LogP contribution >= 0.6 is 0 Å². The number of aliphatic hydroxyl groups is 1. The van der Waals surface area contributed by atoms with Crippen molar-refractivity contribution in [2.75, 3.05) is 13.2 Å². The van der Waals surface area contributed by atoms with Gasteiger partial charge in [-0.25, -0.2) is 4.39 Å². The first-order valence-electron chi connectivity index (χ1n) is 8.82. The zero-order chi connectivity index (χ0) is 20.8. The van der Waals surface area contributed by atoms with Gasteiger partial charge in [0.1, 0.15) is 5.82 Å². The van der Waals surface area contributed by atoms with Crippen molar-refractivity contribution in [2.24, 2.45) is 23.5 Å². The summed E-state index contributed by atoms with van der Waals surface area (Å²) in [5, 5.41) is 26.1. The highest BCUT2D eigenvalue weighted by molar-refractivity contribution is 5.79. The molecule has 0 unspecified atom stereocenters. The molecular formula is C19H28FNO6. The van der Waals surface area contributed by atoms with Crippen LogP contribution in [-0.4, -0.2) is 46.6 Å². The van der Waals surface area contributed by atoms with Gasteiger partial charge in [-0.1, -0.05) is 39.0 Å². The second-order valence-corrected chi connectivity index (χ2v) is 6.82. The van der Waals surface area contributed by atoms with E-state index in [4.69, 9.17) is 20.7 Å². The van der Waals surface area contributed by atoms with Crippen molar-refractivity contribution in [3.63, 3.8) is 0 Å². The Morgan fingerprint density at radius 2 is 1.78 bits per heavy atom. The van der Waals surface area contributed by atoms with Gasteiger partial charge < -0.3 is 25.8 Å². The summed E-state index contributed by atoms with van der Waals surface area (Å²) >= 11 is 0. The van der Waals surface area contributed by atoms with Gasteiger partial charge in [-0.15, -0.1) is 0 Å². The van der Waals surface area contributed by atoms with Crippen molar-refractivity contribution in [1.29, 1.82) is 0 Å². The molecule has 1 saturated heterocycles. The lowest BCUT2D eigenvalue weighted by Crippen LogP contribution is -2.47. The molecule has 2 rings (SSSR count). The highest BCUT2D eigenvalue weighted by atomic mass is 19.1. The predicted molar refractivity (Wildman–Crippen MR) is 96.5 cm³/mol. The number of benzene rings is 1. The lowest BCUT2D eigenvalue weighted by molar-refractivity contribution is -0.152. The van der Waals surface area contributed by atoms with Gasteiger partial charge >= 0.3 is 11.9 Å². The molecule has 0 saturated carbocycles. The van der Waals surface area contributed by atoms with Crippen LogP contribution in [0.5, 0.6) is 0 Å². The molecule has 1 aromatic rings. The number of carbonyl (C=O) groups is 2. The molecule has 0 aliphatic carbocycles. The molecule has 0 radical (unpaired) electrons. The number of halogens is 1. The molecule has 1 heterocycles. The van der Waals surface area contributed by atoms with E-state index < -0.39 is 29.3 Å². The third-order valence-electron chi connectivity index (χ3n) is 5.15.